The highest BCUT2D eigenvalue weighted by molar-refractivity contribution is 5.94. The van der Waals surface area contributed by atoms with Crippen LogP contribution in [-0.4, -0.2) is 47.1 Å². The Balaban J connectivity index is 1.88. The number of hydrogen-bond donors (Lipinski definition) is 1. The van der Waals surface area contributed by atoms with Crippen LogP contribution in [0.5, 0.6) is 0 Å². The fraction of sp³-hybridized carbons (Fsp3) is 0.250. The number of aromatic amines is 1. The van der Waals surface area contributed by atoms with Gasteiger partial charge in [0.25, 0.3) is 11.5 Å². The Bertz CT molecular complexity index is 814. The molecule has 1 aromatic heterocycles. The zero-order chi connectivity index (χ0) is 16.2. The summed E-state index contributed by atoms with van der Waals surface area (Å²) in [5.41, 5.74) is 0.956. The van der Waals surface area contributed by atoms with E-state index in [4.69, 9.17) is 10.00 Å². The number of aromatic nitrogens is 2. The van der Waals surface area contributed by atoms with E-state index in [2.05, 4.69) is 9.97 Å². The number of benzene rings is 1. The summed E-state index contributed by atoms with van der Waals surface area (Å²) in [6.45, 7) is 2.25. The SMILES string of the molecule is N#Cc1c(-c2ccc(C(=O)N3CCOCC3)cc2)nc[nH]c1=O. The average Bonchev–Trinajstić information content (AvgIpc) is 2.62. The van der Waals surface area contributed by atoms with Gasteiger partial charge in [-0.1, -0.05) is 12.1 Å². The zero-order valence-electron chi connectivity index (χ0n) is 12.3. The van der Waals surface area contributed by atoms with Gasteiger partial charge in [-0.15, -0.1) is 0 Å². The van der Waals surface area contributed by atoms with Crippen molar-refractivity contribution < 1.29 is 9.53 Å². The largest absolute Gasteiger partial charge is 0.378 e. The van der Waals surface area contributed by atoms with Crippen molar-refractivity contribution in [2.75, 3.05) is 26.3 Å². The number of amides is 1. The van der Waals surface area contributed by atoms with Crippen molar-refractivity contribution in [3.8, 4) is 17.3 Å². The molecule has 1 N–H and O–H groups in total. The third kappa shape index (κ3) is 2.98. The van der Waals surface area contributed by atoms with Gasteiger partial charge in [0, 0.05) is 24.2 Å². The summed E-state index contributed by atoms with van der Waals surface area (Å²) in [6, 6.07) is 8.59. The Morgan fingerprint density at radius 1 is 1.26 bits per heavy atom. The molecular formula is C16H14N4O3. The Hall–Kier alpha value is -2.98. The summed E-state index contributed by atoms with van der Waals surface area (Å²) in [5, 5.41) is 9.09. The fourth-order valence-electron chi connectivity index (χ4n) is 2.44. The first-order valence-corrected chi connectivity index (χ1v) is 7.16. The summed E-state index contributed by atoms with van der Waals surface area (Å²) >= 11 is 0. The van der Waals surface area contributed by atoms with Gasteiger partial charge < -0.3 is 14.6 Å². The van der Waals surface area contributed by atoms with Gasteiger partial charge in [0.15, 0.2) is 0 Å². The predicted molar refractivity (Wildman–Crippen MR) is 81.7 cm³/mol. The molecule has 0 bridgehead atoms. The molecule has 1 aliphatic heterocycles. The lowest BCUT2D eigenvalue weighted by atomic mass is 10.0. The van der Waals surface area contributed by atoms with Gasteiger partial charge >= 0.3 is 0 Å². The summed E-state index contributed by atoms with van der Waals surface area (Å²) in [6.07, 6.45) is 1.26. The lowest BCUT2D eigenvalue weighted by Crippen LogP contribution is -2.40. The van der Waals surface area contributed by atoms with E-state index in [0.29, 0.717) is 43.1 Å². The quantitative estimate of drug-likeness (QED) is 0.883. The molecule has 0 unspecified atom stereocenters. The summed E-state index contributed by atoms with van der Waals surface area (Å²) in [5.74, 6) is -0.0563. The molecule has 3 rings (SSSR count). The lowest BCUT2D eigenvalue weighted by molar-refractivity contribution is 0.0303. The lowest BCUT2D eigenvalue weighted by Gasteiger charge is -2.26. The summed E-state index contributed by atoms with van der Waals surface area (Å²) in [7, 11) is 0. The summed E-state index contributed by atoms with van der Waals surface area (Å²) in [4.78, 5) is 32.2. The van der Waals surface area contributed by atoms with Gasteiger partial charge in [0.1, 0.15) is 11.6 Å². The molecular weight excluding hydrogens is 296 g/mol. The minimum atomic E-state index is -0.481. The van der Waals surface area contributed by atoms with E-state index in [1.165, 1.54) is 6.33 Å². The highest BCUT2D eigenvalue weighted by Crippen LogP contribution is 2.19. The minimum absolute atomic E-state index is 0.0419. The number of rotatable bonds is 2. The molecule has 7 heteroatoms. The van der Waals surface area contributed by atoms with E-state index in [9.17, 15) is 9.59 Å². The molecule has 2 heterocycles. The van der Waals surface area contributed by atoms with Crippen LogP contribution < -0.4 is 5.56 Å². The number of H-pyrrole nitrogens is 1. The second-order valence-electron chi connectivity index (χ2n) is 5.05. The maximum Gasteiger partial charge on any atom is 0.269 e. The van der Waals surface area contributed by atoms with E-state index in [1.807, 2.05) is 6.07 Å². The second-order valence-corrected chi connectivity index (χ2v) is 5.05. The van der Waals surface area contributed by atoms with E-state index < -0.39 is 5.56 Å². The van der Waals surface area contributed by atoms with Crippen LogP contribution in [0.15, 0.2) is 35.4 Å². The first-order chi connectivity index (χ1) is 11.2. The summed E-state index contributed by atoms with van der Waals surface area (Å²) < 4.78 is 5.23. The highest BCUT2D eigenvalue weighted by atomic mass is 16.5. The van der Waals surface area contributed by atoms with Crippen LogP contribution in [0.4, 0.5) is 0 Å². The van der Waals surface area contributed by atoms with Crippen molar-refractivity contribution >= 4 is 5.91 Å². The number of nitrogens with one attached hydrogen (secondary N) is 1. The molecule has 1 aromatic carbocycles. The van der Waals surface area contributed by atoms with E-state index in [0.717, 1.165) is 0 Å². The minimum Gasteiger partial charge on any atom is -0.378 e. The number of ether oxygens (including phenoxy) is 1. The maximum absolute atomic E-state index is 12.4. The van der Waals surface area contributed by atoms with Crippen LogP contribution in [0.2, 0.25) is 0 Å². The molecule has 1 saturated heterocycles. The zero-order valence-corrected chi connectivity index (χ0v) is 12.3. The van der Waals surface area contributed by atoms with Crippen molar-refractivity contribution in [2.45, 2.75) is 0 Å². The van der Waals surface area contributed by atoms with Gasteiger partial charge in [-0.25, -0.2) is 4.98 Å². The number of morpholine rings is 1. The third-order valence-corrected chi connectivity index (χ3v) is 3.67. The molecule has 1 aliphatic rings. The molecule has 2 aromatic rings. The monoisotopic (exact) mass is 310 g/mol. The highest BCUT2D eigenvalue weighted by Gasteiger charge is 2.18. The first-order valence-electron chi connectivity index (χ1n) is 7.16. The van der Waals surface area contributed by atoms with Gasteiger partial charge in [0.05, 0.1) is 25.2 Å². The normalized spacial score (nSPS) is 14.3. The molecule has 0 aliphatic carbocycles. The Morgan fingerprint density at radius 3 is 2.61 bits per heavy atom. The van der Waals surface area contributed by atoms with Crippen molar-refractivity contribution in [3.05, 3.63) is 52.1 Å². The van der Waals surface area contributed by atoms with Gasteiger partial charge in [-0.2, -0.15) is 5.26 Å². The number of carbonyl (C=O) groups excluding carboxylic acids is 1. The Kier molecular flexibility index (Phi) is 4.17. The van der Waals surface area contributed by atoms with E-state index >= 15 is 0 Å². The molecule has 23 heavy (non-hydrogen) atoms. The smallest absolute Gasteiger partial charge is 0.269 e. The fourth-order valence-corrected chi connectivity index (χ4v) is 2.44. The molecule has 1 amide bonds. The molecule has 0 spiro atoms. The van der Waals surface area contributed by atoms with E-state index in [-0.39, 0.29) is 11.5 Å². The van der Waals surface area contributed by atoms with Crippen LogP contribution in [-0.2, 0) is 4.74 Å². The van der Waals surface area contributed by atoms with Crippen molar-refractivity contribution in [3.63, 3.8) is 0 Å². The van der Waals surface area contributed by atoms with Gasteiger partial charge in [-0.05, 0) is 12.1 Å². The number of carbonyl (C=O) groups is 1. The molecule has 0 saturated carbocycles. The van der Waals surface area contributed by atoms with Crippen LogP contribution in [0.3, 0.4) is 0 Å². The number of nitriles is 1. The van der Waals surface area contributed by atoms with E-state index in [1.54, 1.807) is 29.2 Å². The second kappa shape index (κ2) is 6.42. The maximum atomic E-state index is 12.4. The van der Waals surface area contributed by atoms with Crippen molar-refractivity contribution in [2.24, 2.45) is 0 Å². The van der Waals surface area contributed by atoms with Crippen LogP contribution in [0, 0.1) is 11.3 Å². The molecule has 0 atom stereocenters. The standard InChI is InChI=1S/C16H14N4O3/c17-9-13-14(18-10-19-15(13)21)11-1-3-12(4-2-11)16(22)20-5-7-23-8-6-20/h1-4,10H,5-8H2,(H,18,19,21). The predicted octanol–water partition coefficient (Wildman–Crippen LogP) is 0.781. The average molecular weight is 310 g/mol. The van der Waals surface area contributed by atoms with Crippen LogP contribution >= 0.6 is 0 Å². The number of hydrogen-bond acceptors (Lipinski definition) is 5. The molecule has 0 radical (unpaired) electrons. The number of nitrogens with zero attached hydrogens (tertiary/aromatic N) is 3. The molecule has 1 fully saturated rings. The third-order valence-electron chi connectivity index (χ3n) is 3.67. The Morgan fingerprint density at radius 2 is 1.96 bits per heavy atom. The van der Waals surface area contributed by atoms with Crippen LogP contribution in [0.25, 0.3) is 11.3 Å². The van der Waals surface area contributed by atoms with Crippen molar-refractivity contribution in [1.82, 2.24) is 14.9 Å². The topological polar surface area (TPSA) is 99.1 Å². The van der Waals surface area contributed by atoms with Crippen LogP contribution in [0.1, 0.15) is 15.9 Å². The molecule has 116 valence electrons. The van der Waals surface area contributed by atoms with Gasteiger partial charge in [-0.3, -0.25) is 9.59 Å². The Labute approximate surface area is 132 Å². The first kappa shape index (κ1) is 14.9. The van der Waals surface area contributed by atoms with Gasteiger partial charge in [0.2, 0.25) is 0 Å². The molecule has 7 nitrogen and oxygen atoms in total. The van der Waals surface area contributed by atoms with Crippen molar-refractivity contribution in [1.29, 1.82) is 5.26 Å².